The molecule has 3 heteroatoms. The van der Waals surface area contributed by atoms with Gasteiger partial charge < -0.3 is 13.9 Å². The summed E-state index contributed by atoms with van der Waals surface area (Å²) in [4.78, 5) is 0. The van der Waals surface area contributed by atoms with E-state index >= 15 is 0 Å². The van der Waals surface area contributed by atoms with Gasteiger partial charge >= 0.3 is 0 Å². The molecule has 0 saturated heterocycles. The van der Waals surface area contributed by atoms with E-state index < -0.39 is 0 Å². The Kier molecular flexibility index (Phi) is 6.18. The van der Waals surface area contributed by atoms with Gasteiger partial charge in [0, 0.05) is 20.1 Å². The van der Waals surface area contributed by atoms with Crippen LogP contribution in [0.1, 0.15) is 84.6 Å². The summed E-state index contributed by atoms with van der Waals surface area (Å²) in [7, 11) is 3.63. The fourth-order valence-electron chi connectivity index (χ4n) is 8.91. The van der Waals surface area contributed by atoms with Crippen LogP contribution < -0.4 is 0 Å². The molecular formula is C27H44O3. The Morgan fingerprint density at radius 3 is 2.40 bits per heavy atom. The summed E-state index contributed by atoms with van der Waals surface area (Å²) in [5.41, 5.74) is 2.65. The van der Waals surface area contributed by atoms with Crippen LogP contribution in [0.5, 0.6) is 0 Å². The molecule has 3 saturated carbocycles. The lowest BCUT2D eigenvalue weighted by atomic mass is 9.38. The van der Waals surface area contributed by atoms with Crippen molar-refractivity contribution in [3.8, 4) is 0 Å². The zero-order chi connectivity index (χ0) is 21.6. The second-order valence-corrected chi connectivity index (χ2v) is 11.9. The van der Waals surface area contributed by atoms with Crippen LogP contribution in [-0.4, -0.2) is 20.5 Å². The van der Waals surface area contributed by atoms with Gasteiger partial charge in [-0.3, -0.25) is 0 Å². The summed E-state index contributed by atoms with van der Waals surface area (Å²) in [5.74, 6) is 2.77. The molecule has 6 atom stereocenters. The van der Waals surface area contributed by atoms with E-state index in [2.05, 4.69) is 33.8 Å². The molecule has 0 unspecified atom stereocenters. The van der Waals surface area contributed by atoms with Gasteiger partial charge in [-0.15, -0.1) is 0 Å². The monoisotopic (exact) mass is 416 g/mol. The molecule has 3 nitrogen and oxygen atoms in total. The topological polar surface area (TPSA) is 31.6 Å². The third-order valence-electron chi connectivity index (χ3n) is 10.1. The summed E-state index contributed by atoms with van der Waals surface area (Å²) in [6.07, 6.45) is 15.4. The van der Waals surface area contributed by atoms with E-state index in [9.17, 15) is 0 Å². The summed E-state index contributed by atoms with van der Waals surface area (Å²) < 4.78 is 17.1. The van der Waals surface area contributed by atoms with E-state index in [1.165, 1.54) is 56.9 Å². The van der Waals surface area contributed by atoms with E-state index in [0.29, 0.717) is 28.1 Å². The summed E-state index contributed by atoms with van der Waals surface area (Å²) >= 11 is 0. The van der Waals surface area contributed by atoms with Crippen molar-refractivity contribution in [1.82, 2.24) is 0 Å². The lowest BCUT2D eigenvalue weighted by Crippen LogP contribution is -2.60. The summed E-state index contributed by atoms with van der Waals surface area (Å²) in [6, 6.07) is 2.13. The molecular weight excluding hydrogens is 372 g/mol. The van der Waals surface area contributed by atoms with Crippen LogP contribution >= 0.6 is 0 Å². The average molecular weight is 417 g/mol. The zero-order valence-electron chi connectivity index (χ0n) is 20.2. The van der Waals surface area contributed by atoms with E-state index in [0.717, 1.165) is 18.3 Å². The van der Waals surface area contributed by atoms with Gasteiger partial charge in [-0.25, -0.2) is 0 Å². The fraction of sp³-hybridized carbons (Fsp3) is 0.852. The van der Waals surface area contributed by atoms with E-state index in [-0.39, 0.29) is 6.29 Å². The third-order valence-corrected chi connectivity index (χ3v) is 10.1. The molecule has 3 aliphatic carbocycles. The van der Waals surface area contributed by atoms with Crippen molar-refractivity contribution in [3.05, 3.63) is 24.2 Å². The number of aryl methyl sites for hydroxylation is 1. The van der Waals surface area contributed by atoms with Crippen LogP contribution in [0.15, 0.2) is 23.0 Å². The predicted octanol–water partition coefficient (Wildman–Crippen LogP) is 7.11. The van der Waals surface area contributed by atoms with Crippen molar-refractivity contribution < 1.29 is 13.9 Å². The molecule has 1 heterocycles. The number of hydrogen-bond donors (Lipinski definition) is 0. The first-order valence-electron chi connectivity index (χ1n) is 12.3. The molecule has 3 fully saturated rings. The second-order valence-electron chi connectivity index (χ2n) is 11.9. The van der Waals surface area contributed by atoms with Crippen LogP contribution in [-0.2, 0) is 15.9 Å². The van der Waals surface area contributed by atoms with Crippen LogP contribution in [0.25, 0.3) is 0 Å². The van der Waals surface area contributed by atoms with Crippen molar-refractivity contribution in [2.45, 2.75) is 91.8 Å². The first-order chi connectivity index (χ1) is 14.3. The normalized spacial score (nSPS) is 40.8. The SMILES string of the molecule is COC(OC)[C@@H]1CC[C@H]2[C@](C)(CC[C@H]3C(C)(C)CCC[C@]23C)[C@H]1CCc1ccoc1. The van der Waals surface area contributed by atoms with Gasteiger partial charge in [0.15, 0.2) is 6.29 Å². The van der Waals surface area contributed by atoms with Gasteiger partial charge in [0.1, 0.15) is 0 Å². The van der Waals surface area contributed by atoms with E-state index in [1.807, 2.05) is 26.7 Å². The minimum atomic E-state index is -0.0922. The molecule has 4 rings (SSSR count). The van der Waals surface area contributed by atoms with Crippen molar-refractivity contribution in [1.29, 1.82) is 0 Å². The standard InChI is InChI=1S/C27H44O3/c1-25(2)14-7-15-27(4)22(25)12-16-26(3)21(10-8-19-13-17-30-18-19)20(9-11-23(26)27)24(28-5)29-6/h13,17-18,20-24H,7-12,14-16H2,1-6H3/t20-,21+,22+,23+,26-,27+/m1/s1. The van der Waals surface area contributed by atoms with Gasteiger partial charge in [0.05, 0.1) is 12.5 Å². The quantitative estimate of drug-likeness (QED) is 0.463. The van der Waals surface area contributed by atoms with Gasteiger partial charge in [-0.2, -0.15) is 0 Å². The number of fused-ring (bicyclic) bond motifs is 3. The molecule has 1 aromatic heterocycles. The van der Waals surface area contributed by atoms with Crippen LogP contribution in [0.4, 0.5) is 0 Å². The molecule has 0 bridgehead atoms. The van der Waals surface area contributed by atoms with Crippen molar-refractivity contribution in [3.63, 3.8) is 0 Å². The zero-order valence-corrected chi connectivity index (χ0v) is 20.2. The van der Waals surface area contributed by atoms with Crippen molar-refractivity contribution in [2.75, 3.05) is 14.2 Å². The Labute approximate surface area is 184 Å². The summed E-state index contributed by atoms with van der Waals surface area (Å²) in [5, 5.41) is 0. The van der Waals surface area contributed by atoms with Gasteiger partial charge in [-0.05, 0) is 97.0 Å². The highest BCUT2D eigenvalue weighted by atomic mass is 16.7. The molecule has 0 aliphatic heterocycles. The molecule has 0 amide bonds. The Bertz CT molecular complexity index is 691. The molecule has 0 aromatic carbocycles. The first kappa shape index (κ1) is 22.4. The van der Waals surface area contributed by atoms with Crippen LogP contribution in [0, 0.1) is 39.9 Å². The minimum absolute atomic E-state index is 0.0922. The van der Waals surface area contributed by atoms with Gasteiger partial charge in [-0.1, -0.05) is 34.1 Å². The predicted molar refractivity (Wildman–Crippen MR) is 121 cm³/mol. The van der Waals surface area contributed by atoms with E-state index in [1.54, 1.807) is 0 Å². The maximum Gasteiger partial charge on any atom is 0.159 e. The first-order valence-corrected chi connectivity index (χ1v) is 12.3. The fourth-order valence-corrected chi connectivity index (χ4v) is 8.91. The largest absolute Gasteiger partial charge is 0.472 e. The lowest BCUT2D eigenvalue weighted by molar-refractivity contribution is -0.221. The van der Waals surface area contributed by atoms with Crippen LogP contribution in [0.3, 0.4) is 0 Å². The average Bonchev–Trinajstić information content (AvgIpc) is 3.20. The van der Waals surface area contributed by atoms with Crippen molar-refractivity contribution >= 4 is 0 Å². The molecule has 30 heavy (non-hydrogen) atoms. The maximum absolute atomic E-state index is 5.86. The smallest absolute Gasteiger partial charge is 0.159 e. The highest BCUT2D eigenvalue weighted by molar-refractivity contribution is 5.12. The lowest BCUT2D eigenvalue weighted by Gasteiger charge is -2.67. The maximum atomic E-state index is 5.86. The molecule has 1 aromatic rings. The number of furan rings is 1. The Morgan fingerprint density at radius 2 is 1.73 bits per heavy atom. The minimum Gasteiger partial charge on any atom is -0.472 e. The van der Waals surface area contributed by atoms with Gasteiger partial charge in [0.25, 0.3) is 0 Å². The number of hydrogen-bond acceptors (Lipinski definition) is 3. The molecule has 170 valence electrons. The van der Waals surface area contributed by atoms with Crippen LogP contribution in [0.2, 0.25) is 0 Å². The Morgan fingerprint density at radius 1 is 0.967 bits per heavy atom. The summed E-state index contributed by atoms with van der Waals surface area (Å²) in [6.45, 7) is 10.4. The Balaban J connectivity index is 1.66. The number of ether oxygens (including phenoxy) is 2. The highest BCUT2D eigenvalue weighted by Crippen LogP contribution is 2.69. The molecule has 3 aliphatic rings. The third kappa shape index (κ3) is 3.58. The molecule has 0 radical (unpaired) electrons. The van der Waals surface area contributed by atoms with E-state index in [4.69, 9.17) is 13.9 Å². The second kappa shape index (κ2) is 8.28. The number of methoxy groups -OCH3 is 2. The van der Waals surface area contributed by atoms with Crippen molar-refractivity contribution in [2.24, 2.45) is 39.9 Å². The highest BCUT2D eigenvalue weighted by Gasteiger charge is 2.62. The van der Waals surface area contributed by atoms with Gasteiger partial charge in [0.2, 0.25) is 0 Å². The Hall–Kier alpha value is -0.800. The number of rotatable bonds is 6. The molecule has 0 spiro atoms. The molecule has 0 N–H and O–H groups in total.